The zero-order valence-corrected chi connectivity index (χ0v) is 11.2. The smallest absolute Gasteiger partial charge is 0.384 e. The Morgan fingerprint density at radius 2 is 1.86 bits per heavy atom. The number of rotatable bonds is 2. The quantitative estimate of drug-likeness (QED) is 0.890. The lowest BCUT2D eigenvalue weighted by molar-refractivity contribution is -0.136. The van der Waals surface area contributed by atoms with Crippen molar-refractivity contribution in [2.45, 2.75) is 6.18 Å². The fraction of sp³-hybridized carbons (Fsp3) is 0.0769. The van der Waals surface area contributed by atoms with Crippen molar-refractivity contribution in [2.75, 3.05) is 11.1 Å². The van der Waals surface area contributed by atoms with Crippen LogP contribution in [0.2, 0.25) is 5.02 Å². The number of aromatic nitrogens is 1. The van der Waals surface area contributed by atoms with E-state index in [1.165, 1.54) is 24.3 Å². The second-order valence-corrected chi connectivity index (χ2v) is 4.47. The van der Waals surface area contributed by atoms with Gasteiger partial charge in [0, 0.05) is 0 Å². The molecule has 0 saturated carbocycles. The SMILES string of the molecule is Nc1ccc(Cl)c(C(=O)Nc2ccccc2C(F)(F)F)n1. The second kappa shape index (κ2) is 5.61. The number of carbonyl (C=O) groups excluding carboxylic acids is 1. The molecule has 0 aliphatic rings. The first-order chi connectivity index (χ1) is 9.79. The van der Waals surface area contributed by atoms with Crippen LogP contribution in [0, 0.1) is 0 Å². The minimum atomic E-state index is -4.59. The van der Waals surface area contributed by atoms with E-state index < -0.39 is 17.6 Å². The molecule has 0 radical (unpaired) electrons. The van der Waals surface area contributed by atoms with Gasteiger partial charge in [0.1, 0.15) is 11.5 Å². The number of pyridine rings is 1. The third-order valence-corrected chi connectivity index (χ3v) is 2.87. The van der Waals surface area contributed by atoms with Crippen molar-refractivity contribution in [2.24, 2.45) is 0 Å². The van der Waals surface area contributed by atoms with Crippen LogP contribution >= 0.6 is 11.6 Å². The van der Waals surface area contributed by atoms with E-state index in [9.17, 15) is 18.0 Å². The number of hydrogen-bond donors (Lipinski definition) is 2. The molecule has 0 aliphatic carbocycles. The van der Waals surface area contributed by atoms with Gasteiger partial charge in [0.2, 0.25) is 0 Å². The zero-order valence-electron chi connectivity index (χ0n) is 10.4. The Kier molecular flexibility index (Phi) is 4.04. The van der Waals surface area contributed by atoms with Gasteiger partial charge in [-0.05, 0) is 24.3 Å². The molecule has 0 atom stereocenters. The monoisotopic (exact) mass is 315 g/mol. The average molecular weight is 316 g/mol. The second-order valence-electron chi connectivity index (χ2n) is 4.06. The zero-order chi connectivity index (χ0) is 15.6. The maximum absolute atomic E-state index is 12.8. The highest BCUT2D eigenvalue weighted by atomic mass is 35.5. The summed E-state index contributed by atoms with van der Waals surface area (Å²) < 4.78 is 38.5. The molecule has 8 heteroatoms. The maximum Gasteiger partial charge on any atom is 0.418 e. The molecule has 4 nitrogen and oxygen atoms in total. The van der Waals surface area contributed by atoms with Gasteiger partial charge in [-0.1, -0.05) is 23.7 Å². The number of nitrogens with zero attached hydrogens (tertiary/aromatic N) is 1. The van der Waals surface area contributed by atoms with E-state index in [0.29, 0.717) is 0 Å². The minimum absolute atomic E-state index is 0.00816. The number of anilines is 2. The summed E-state index contributed by atoms with van der Waals surface area (Å²) in [5.74, 6) is -0.836. The Bertz CT molecular complexity index is 689. The maximum atomic E-state index is 12.8. The molecule has 1 amide bonds. The normalized spacial score (nSPS) is 11.2. The van der Waals surface area contributed by atoms with Crippen LogP contribution < -0.4 is 11.1 Å². The molecule has 21 heavy (non-hydrogen) atoms. The summed E-state index contributed by atoms with van der Waals surface area (Å²) in [6.45, 7) is 0. The lowest BCUT2D eigenvalue weighted by Crippen LogP contribution is -2.18. The summed E-state index contributed by atoms with van der Waals surface area (Å²) in [5.41, 5.74) is 3.85. The van der Waals surface area contributed by atoms with E-state index in [-0.39, 0.29) is 22.2 Å². The predicted octanol–water partition coefficient (Wildman–Crippen LogP) is 3.59. The first-order valence-electron chi connectivity index (χ1n) is 5.68. The van der Waals surface area contributed by atoms with Gasteiger partial charge in [-0.3, -0.25) is 4.79 Å². The van der Waals surface area contributed by atoms with Gasteiger partial charge in [0.05, 0.1) is 16.3 Å². The van der Waals surface area contributed by atoms with Crippen molar-refractivity contribution in [1.82, 2.24) is 4.98 Å². The third kappa shape index (κ3) is 3.43. The van der Waals surface area contributed by atoms with Gasteiger partial charge in [-0.25, -0.2) is 4.98 Å². The number of hydrogen-bond acceptors (Lipinski definition) is 3. The molecule has 0 unspecified atom stereocenters. The van der Waals surface area contributed by atoms with Crippen molar-refractivity contribution in [3.8, 4) is 0 Å². The molecule has 1 aromatic heterocycles. The van der Waals surface area contributed by atoms with Crippen molar-refractivity contribution in [1.29, 1.82) is 0 Å². The lowest BCUT2D eigenvalue weighted by Gasteiger charge is -2.13. The van der Waals surface area contributed by atoms with Crippen LogP contribution in [-0.4, -0.2) is 10.9 Å². The molecule has 3 N–H and O–H groups in total. The van der Waals surface area contributed by atoms with Crippen LogP contribution in [0.4, 0.5) is 24.7 Å². The number of nitrogens with one attached hydrogen (secondary N) is 1. The number of nitrogen functional groups attached to an aromatic ring is 1. The molecular weight excluding hydrogens is 307 g/mol. The Labute approximate surface area is 122 Å². The standard InChI is InChI=1S/C13H9ClF3N3O/c14-8-5-6-10(18)20-11(8)12(21)19-9-4-2-1-3-7(9)13(15,16)17/h1-6H,(H2,18,20)(H,19,21). The Hall–Kier alpha value is -2.28. The molecule has 0 aliphatic heterocycles. The largest absolute Gasteiger partial charge is 0.418 e. The number of benzene rings is 1. The van der Waals surface area contributed by atoms with Crippen LogP contribution in [0.5, 0.6) is 0 Å². The van der Waals surface area contributed by atoms with Crippen molar-refractivity contribution < 1.29 is 18.0 Å². The molecule has 110 valence electrons. The Morgan fingerprint density at radius 3 is 2.52 bits per heavy atom. The number of nitrogens with two attached hydrogens (primary N) is 1. The first kappa shape index (κ1) is 15.1. The summed E-state index contributed by atoms with van der Waals surface area (Å²) in [4.78, 5) is 15.7. The number of carbonyl (C=O) groups is 1. The Balaban J connectivity index is 2.35. The summed E-state index contributed by atoms with van der Waals surface area (Å²) in [6, 6.07) is 7.33. The van der Waals surface area contributed by atoms with E-state index in [4.69, 9.17) is 17.3 Å². The number of alkyl halides is 3. The molecule has 2 aromatic rings. The van der Waals surface area contributed by atoms with Crippen molar-refractivity contribution >= 4 is 29.0 Å². The average Bonchev–Trinajstić information content (AvgIpc) is 2.41. The fourth-order valence-electron chi connectivity index (χ4n) is 1.64. The highest BCUT2D eigenvalue weighted by Crippen LogP contribution is 2.34. The minimum Gasteiger partial charge on any atom is -0.384 e. The van der Waals surface area contributed by atoms with E-state index in [0.717, 1.165) is 12.1 Å². The van der Waals surface area contributed by atoms with Crippen LogP contribution in [0.1, 0.15) is 16.1 Å². The van der Waals surface area contributed by atoms with Gasteiger partial charge < -0.3 is 11.1 Å². The van der Waals surface area contributed by atoms with Crippen molar-refractivity contribution in [3.05, 3.63) is 52.7 Å². The van der Waals surface area contributed by atoms with E-state index in [2.05, 4.69) is 10.3 Å². The number of para-hydroxylation sites is 1. The summed E-state index contributed by atoms with van der Waals surface area (Å²) >= 11 is 5.79. The van der Waals surface area contributed by atoms with Gasteiger partial charge >= 0.3 is 6.18 Å². The predicted molar refractivity (Wildman–Crippen MR) is 73.1 cm³/mol. The first-order valence-corrected chi connectivity index (χ1v) is 6.06. The molecule has 0 fully saturated rings. The van der Waals surface area contributed by atoms with Crippen LogP contribution in [0.15, 0.2) is 36.4 Å². The summed E-state index contributed by atoms with van der Waals surface area (Å²) in [6.07, 6.45) is -4.59. The van der Waals surface area contributed by atoms with Crippen LogP contribution in [0.3, 0.4) is 0 Å². The van der Waals surface area contributed by atoms with Gasteiger partial charge in [0.15, 0.2) is 0 Å². The molecule has 1 heterocycles. The molecule has 0 saturated heterocycles. The fourth-order valence-corrected chi connectivity index (χ4v) is 1.83. The van der Waals surface area contributed by atoms with Crippen molar-refractivity contribution in [3.63, 3.8) is 0 Å². The molecule has 0 bridgehead atoms. The molecule has 2 rings (SSSR count). The highest BCUT2D eigenvalue weighted by Gasteiger charge is 2.33. The molecule has 1 aromatic carbocycles. The van der Waals surface area contributed by atoms with E-state index in [1.807, 2.05) is 0 Å². The third-order valence-electron chi connectivity index (χ3n) is 2.56. The van der Waals surface area contributed by atoms with Gasteiger partial charge in [0.25, 0.3) is 5.91 Å². The Morgan fingerprint density at radius 1 is 1.19 bits per heavy atom. The number of halogens is 4. The topological polar surface area (TPSA) is 68.0 Å². The van der Waals surface area contributed by atoms with E-state index >= 15 is 0 Å². The van der Waals surface area contributed by atoms with Gasteiger partial charge in [-0.15, -0.1) is 0 Å². The summed E-state index contributed by atoms with van der Waals surface area (Å²) in [7, 11) is 0. The van der Waals surface area contributed by atoms with E-state index in [1.54, 1.807) is 0 Å². The summed E-state index contributed by atoms with van der Waals surface area (Å²) in [5, 5.41) is 2.13. The highest BCUT2D eigenvalue weighted by molar-refractivity contribution is 6.34. The molecule has 0 spiro atoms. The van der Waals surface area contributed by atoms with Gasteiger partial charge in [-0.2, -0.15) is 13.2 Å². The van der Waals surface area contributed by atoms with Crippen LogP contribution in [-0.2, 0) is 6.18 Å². The lowest BCUT2D eigenvalue weighted by atomic mass is 10.1. The number of amides is 1. The van der Waals surface area contributed by atoms with Crippen LogP contribution in [0.25, 0.3) is 0 Å². The molecular formula is C13H9ClF3N3O.